The van der Waals surface area contributed by atoms with Gasteiger partial charge in [-0.05, 0) is 61.1 Å². The van der Waals surface area contributed by atoms with Crippen LogP contribution in [0.1, 0.15) is 94.3 Å². The van der Waals surface area contributed by atoms with Gasteiger partial charge in [-0.15, -0.1) is 0 Å². The van der Waals surface area contributed by atoms with Gasteiger partial charge in [-0.3, -0.25) is 4.98 Å². The lowest BCUT2D eigenvalue weighted by Crippen LogP contribution is -2.32. The van der Waals surface area contributed by atoms with Crippen LogP contribution in [0.2, 0.25) is 0 Å². The Morgan fingerprint density at radius 3 is 2.13 bits per heavy atom. The minimum absolute atomic E-state index is 0.301. The summed E-state index contributed by atoms with van der Waals surface area (Å²) < 4.78 is 6.27. The van der Waals surface area contributed by atoms with Gasteiger partial charge >= 0.3 is 0 Å². The molecule has 2 heterocycles. The van der Waals surface area contributed by atoms with Gasteiger partial charge in [0.1, 0.15) is 0 Å². The second-order valence-electron chi connectivity index (χ2n) is 8.23. The standard InChI is InChI=1S/C21H35NO/c1-11(2)18-10-23-17(9)13(5)14(6)19-15(7)16(8)22-21(12(3)4)20(18)19/h11-14,17-18H,10H2,1-9H3/t13-,14+,17-,18?/m0/s1. The number of hydrogen-bond donors (Lipinski definition) is 0. The Morgan fingerprint density at radius 1 is 1.00 bits per heavy atom. The molecule has 1 aromatic rings. The number of pyridine rings is 1. The number of rotatable bonds is 2. The summed E-state index contributed by atoms with van der Waals surface area (Å²) in [5.41, 5.74) is 6.93. The average molecular weight is 318 g/mol. The lowest BCUT2D eigenvalue weighted by molar-refractivity contribution is 0.00398. The highest BCUT2D eigenvalue weighted by Gasteiger charge is 2.34. The zero-order valence-electron chi connectivity index (χ0n) is 16.5. The Hall–Kier alpha value is -0.890. The average Bonchev–Trinajstić information content (AvgIpc) is 2.47. The molecular formula is C21H35NO. The second-order valence-corrected chi connectivity index (χ2v) is 8.23. The molecule has 0 N–H and O–H groups in total. The van der Waals surface area contributed by atoms with E-state index in [9.17, 15) is 0 Å². The number of fused-ring (bicyclic) bond motifs is 1. The number of aromatic nitrogens is 1. The second kappa shape index (κ2) is 6.93. The van der Waals surface area contributed by atoms with Gasteiger partial charge < -0.3 is 4.74 Å². The van der Waals surface area contributed by atoms with Crippen LogP contribution in [-0.4, -0.2) is 17.7 Å². The van der Waals surface area contributed by atoms with E-state index in [0.29, 0.717) is 35.7 Å². The molecule has 0 spiro atoms. The normalized spacial score (nSPS) is 28.7. The third-order valence-electron chi connectivity index (χ3n) is 6.05. The lowest BCUT2D eigenvalue weighted by Gasteiger charge is -2.38. The van der Waals surface area contributed by atoms with Crippen molar-refractivity contribution < 1.29 is 4.74 Å². The Balaban J connectivity index is 2.80. The summed E-state index contributed by atoms with van der Waals surface area (Å²) in [6, 6.07) is 0. The summed E-state index contributed by atoms with van der Waals surface area (Å²) in [5.74, 6) is 2.46. The van der Waals surface area contributed by atoms with Gasteiger partial charge in [-0.1, -0.05) is 41.5 Å². The quantitative estimate of drug-likeness (QED) is 0.696. The van der Waals surface area contributed by atoms with Crippen LogP contribution in [0.5, 0.6) is 0 Å². The monoisotopic (exact) mass is 317 g/mol. The predicted octanol–water partition coefficient (Wildman–Crippen LogP) is 5.72. The minimum Gasteiger partial charge on any atom is -0.378 e. The molecule has 0 radical (unpaired) electrons. The highest BCUT2D eigenvalue weighted by atomic mass is 16.5. The van der Waals surface area contributed by atoms with Crippen molar-refractivity contribution in [1.82, 2.24) is 4.98 Å². The molecule has 23 heavy (non-hydrogen) atoms. The van der Waals surface area contributed by atoms with Crippen LogP contribution < -0.4 is 0 Å². The van der Waals surface area contributed by atoms with Crippen molar-refractivity contribution in [1.29, 1.82) is 0 Å². The van der Waals surface area contributed by atoms with Crippen molar-refractivity contribution in [3.8, 4) is 0 Å². The molecule has 0 aliphatic carbocycles. The summed E-state index contributed by atoms with van der Waals surface area (Å²) in [6.07, 6.45) is 0.301. The highest BCUT2D eigenvalue weighted by molar-refractivity contribution is 5.46. The van der Waals surface area contributed by atoms with Crippen molar-refractivity contribution in [3.05, 3.63) is 28.1 Å². The molecule has 130 valence electrons. The van der Waals surface area contributed by atoms with Crippen molar-refractivity contribution in [2.75, 3.05) is 6.61 Å². The first kappa shape index (κ1) is 18.4. The van der Waals surface area contributed by atoms with Gasteiger partial charge in [0.25, 0.3) is 0 Å². The highest BCUT2D eigenvalue weighted by Crippen LogP contribution is 2.43. The van der Waals surface area contributed by atoms with E-state index in [0.717, 1.165) is 6.61 Å². The molecule has 0 saturated heterocycles. The summed E-state index contributed by atoms with van der Waals surface area (Å²) >= 11 is 0. The van der Waals surface area contributed by atoms with Crippen molar-refractivity contribution >= 4 is 0 Å². The molecule has 1 aliphatic heterocycles. The van der Waals surface area contributed by atoms with E-state index in [4.69, 9.17) is 9.72 Å². The molecule has 2 nitrogen and oxygen atoms in total. The predicted molar refractivity (Wildman–Crippen MR) is 98.4 cm³/mol. The molecule has 1 aliphatic rings. The molecule has 2 rings (SSSR count). The summed E-state index contributed by atoms with van der Waals surface area (Å²) in [4.78, 5) is 5.01. The maximum atomic E-state index is 6.27. The Labute approximate surface area is 143 Å². The Morgan fingerprint density at radius 2 is 1.61 bits per heavy atom. The summed E-state index contributed by atoms with van der Waals surface area (Å²) in [5, 5.41) is 0. The Kier molecular flexibility index (Phi) is 5.56. The molecule has 2 heteroatoms. The molecule has 0 saturated carbocycles. The fraction of sp³-hybridized carbons (Fsp3) is 0.762. The van der Waals surface area contributed by atoms with E-state index >= 15 is 0 Å². The van der Waals surface area contributed by atoms with Gasteiger partial charge in [-0.25, -0.2) is 0 Å². The van der Waals surface area contributed by atoms with E-state index in [1.54, 1.807) is 5.56 Å². The topological polar surface area (TPSA) is 22.1 Å². The summed E-state index contributed by atoms with van der Waals surface area (Å²) in [6.45, 7) is 21.4. The van der Waals surface area contributed by atoms with Crippen LogP contribution in [0.3, 0.4) is 0 Å². The van der Waals surface area contributed by atoms with Crippen LogP contribution >= 0.6 is 0 Å². The third kappa shape index (κ3) is 3.33. The molecular weight excluding hydrogens is 282 g/mol. The maximum Gasteiger partial charge on any atom is 0.0578 e. The lowest BCUT2D eigenvalue weighted by atomic mass is 9.73. The van der Waals surface area contributed by atoms with E-state index in [1.807, 2.05) is 0 Å². The molecule has 0 fully saturated rings. The van der Waals surface area contributed by atoms with E-state index in [2.05, 4.69) is 62.3 Å². The largest absolute Gasteiger partial charge is 0.378 e. The molecule has 1 unspecified atom stereocenters. The van der Waals surface area contributed by atoms with Crippen molar-refractivity contribution in [3.63, 3.8) is 0 Å². The van der Waals surface area contributed by atoms with Gasteiger partial charge in [-0.2, -0.15) is 0 Å². The van der Waals surface area contributed by atoms with Crippen LogP contribution in [-0.2, 0) is 4.74 Å². The SMILES string of the molecule is Cc1nc(C(C)C)c2c(c1C)[C@H](C)[C@H](C)[C@H](C)OCC2C(C)C. The van der Waals surface area contributed by atoms with Crippen LogP contribution in [0, 0.1) is 25.7 Å². The van der Waals surface area contributed by atoms with Crippen LogP contribution in [0.15, 0.2) is 0 Å². The smallest absolute Gasteiger partial charge is 0.0578 e. The molecule has 4 atom stereocenters. The first-order chi connectivity index (χ1) is 10.7. The van der Waals surface area contributed by atoms with Gasteiger partial charge in [0, 0.05) is 17.3 Å². The zero-order valence-corrected chi connectivity index (χ0v) is 16.5. The summed E-state index contributed by atoms with van der Waals surface area (Å²) in [7, 11) is 0. The fourth-order valence-electron chi connectivity index (χ4n) is 3.96. The van der Waals surface area contributed by atoms with Crippen molar-refractivity contribution in [2.24, 2.45) is 11.8 Å². The fourth-order valence-corrected chi connectivity index (χ4v) is 3.96. The van der Waals surface area contributed by atoms with Crippen LogP contribution in [0.25, 0.3) is 0 Å². The maximum absolute atomic E-state index is 6.27. The third-order valence-corrected chi connectivity index (χ3v) is 6.05. The van der Waals surface area contributed by atoms with Gasteiger partial charge in [0.2, 0.25) is 0 Å². The van der Waals surface area contributed by atoms with Crippen LogP contribution in [0.4, 0.5) is 0 Å². The number of hydrogen-bond acceptors (Lipinski definition) is 2. The first-order valence-corrected chi connectivity index (χ1v) is 9.29. The van der Waals surface area contributed by atoms with Gasteiger partial charge in [0.05, 0.1) is 12.7 Å². The van der Waals surface area contributed by atoms with Gasteiger partial charge in [0.15, 0.2) is 0 Å². The van der Waals surface area contributed by atoms with E-state index in [1.165, 1.54) is 22.5 Å². The molecule has 0 amide bonds. The van der Waals surface area contributed by atoms with E-state index in [-0.39, 0.29) is 0 Å². The molecule has 1 aromatic heterocycles. The molecule has 0 bridgehead atoms. The Bertz CT molecular complexity index is 561. The minimum atomic E-state index is 0.301. The number of aryl methyl sites for hydroxylation is 1. The first-order valence-electron chi connectivity index (χ1n) is 9.29. The number of nitrogens with zero attached hydrogens (tertiary/aromatic N) is 1. The zero-order chi connectivity index (χ0) is 17.5. The molecule has 0 aromatic carbocycles. The van der Waals surface area contributed by atoms with Crippen molar-refractivity contribution in [2.45, 2.75) is 86.2 Å². The van der Waals surface area contributed by atoms with E-state index < -0.39 is 0 Å². The number of ether oxygens (including phenoxy) is 1.